The number of imidazole rings is 1. The number of carbonyl (C=O) groups excluding carboxylic acids is 1. The number of hydrogen-bond donors (Lipinski definition) is 1. The van der Waals surface area contributed by atoms with Crippen molar-refractivity contribution < 1.29 is 9.53 Å². The van der Waals surface area contributed by atoms with E-state index in [1.807, 2.05) is 0 Å². The van der Waals surface area contributed by atoms with Gasteiger partial charge in [0.15, 0.2) is 11.2 Å². The highest BCUT2D eigenvalue weighted by Crippen LogP contribution is 2.20. The number of piperazine rings is 1. The van der Waals surface area contributed by atoms with Crippen molar-refractivity contribution in [2.24, 2.45) is 7.05 Å². The van der Waals surface area contributed by atoms with Crippen molar-refractivity contribution in [1.29, 1.82) is 0 Å². The van der Waals surface area contributed by atoms with Crippen LogP contribution >= 0.6 is 0 Å². The van der Waals surface area contributed by atoms with E-state index in [2.05, 4.69) is 27.0 Å². The van der Waals surface area contributed by atoms with Gasteiger partial charge in [0.25, 0.3) is 5.56 Å². The third kappa shape index (κ3) is 4.16. The van der Waals surface area contributed by atoms with Gasteiger partial charge in [-0.3, -0.25) is 18.5 Å². The topological polar surface area (TPSA) is 103 Å². The molecule has 3 heterocycles. The Hall–Kier alpha value is -3.32. The van der Waals surface area contributed by atoms with Crippen molar-refractivity contribution in [3.8, 4) is 11.8 Å². The fourth-order valence-corrected chi connectivity index (χ4v) is 3.37. The first-order valence-corrected chi connectivity index (χ1v) is 9.88. The van der Waals surface area contributed by atoms with E-state index in [9.17, 15) is 14.4 Å². The Morgan fingerprint density at radius 1 is 1.27 bits per heavy atom. The Balaban J connectivity index is 2.17. The third-order valence-corrected chi connectivity index (χ3v) is 4.85. The predicted octanol–water partition coefficient (Wildman–Crippen LogP) is -0.551. The number of hydrogen-bond acceptors (Lipinski definition) is 7. The lowest BCUT2D eigenvalue weighted by Gasteiger charge is -2.28. The van der Waals surface area contributed by atoms with E-state index in [0.29, 0.717) is 18.0 Å². The second-order valence-electron chi connectivity index (χ2n) is 6.75. The minimum atomic E-state index is -0.501. The van der Waals surface area contributed by atoms with Gasteiger partial charge in [-0.25, -0.2) is 9.59 Å². The molecular weight excluding hydrogens is 388 g/mol. The van der Waals surface area contributed by atoms with Gasteiger partial charge in [-0.1, -0.05) is 12.0 Å². The number of allylic oxidation sites excluding steroid dienone is 1. The minimum Gasteiger partial charge on any atom is -0.463 e. The van der Waals surface area contributed by atoms with E-state index < -0.39 is 17.2 Å². The van der Waals surface area contributed by atoms with E-state index in [0.717, 1.165) is 30.7 Å². The predicted molar refractivity (Wildman–Crippen MR) is 114 cm³/mol. The number of anilines is 1. The third-order valence-electron chi connectivity index (χ3n) is 4.85. The lowest BCUT2D eigenvalue weighted by molar-refractivity contribution is -0.137. The molecule has 0 aromatic carbocycles. The molecule has 0 spiro atoms. The fourth-order valence-electron chi connectivity index (χ4n) is 3.37. The zero-order valence-corrected chi connectivity index (χ0v) is 17.5. The zero-order valence-electron chi connectivity index (χ0n) is 17.5. The average Bonchev–Trinajstić information content (AvgIpc) is 3.13. The molecule has 2 aromatic rings. The van der Waals surface area contributed by atoms with E-state index in [1.165, 1.54) is 23.8 Å². The van der Waals surface area contributed by atoms with Crippen molar-refractivity contribution in [2.75, 3.05) is 37.7 Å². The molecule has 1 saturated heterocycles. The molecule has 1 N–H and O–H groups in total. The lowest BCUT2D eigenvalue weighted by atomic mass is 10.4. The molecule has 1 aliphatic heterocycles. The summed E-state index contributed by atoms with van der Waals surface area (Å²) in [4.78, 5) is 44.1. The SMILES string of the molecule is CC#CCn1c(N2CCNCC2)nc2c1c(=O)n(C)c(=O)n2C/C=C/C(=O)OCC. The molecule has 0 bridgehead atoms. The maximum absolute atomic E-state index is 13.0. The second kappa shape index (κ2) is 9.45. The van der Waals surface area contributed by atoms with E-state index >= 15 is 0 Å². The van der Waals surface area contributed by atoms with Crippen LogP contribution < -0.4 is 21.5 Å². The molecule has 1 aliphatic rings. The Bertz CT molecular complexity index is 1140. The summed E-state index contributed by atoms with van der Waals surface area (Å²) in [6, 6.07) is 0. The van der Waals surface area contributed by atoms with Gasteiger partial charge in [-0.05, 0) is 13.8 Å². The largest absolute Gasteiger partial charge is 0.463 e. The summed E-state index contributed by atoms with van der Waals surface area (Å²) in [5.41, 5.74) is -0.326. The fraction of sp³-hybridized carbons (Fsp3) is 0.500. The molecule has 0 atom stereocenters. The molecule has 0 unspecified atom stereocenters. The van der Waals surface area contributed by atoms with E-state index in [1.54, 1.807) is 18.4 Å². The van der Waals surface area contributed by atoms with Crippen LogP contribution in [0.3, 0.4) is 0 Å². The lowest BCUT2D eigenvalue weighted by Crippen LogP contribution is -2.44. The quantitative estimate of drug-likeness (QED) is 0.384. The monoisotopic (exact) mass is 414 g/mol. The van der Waals surface area contributed by atoms with Crippen molar-refractivity contribution >= 4 is 23.1 Å². The summed E-state index contributed by atoms with van der Waals surface area (Å²) in [5, 5.41) is 3.29. The van der Waals surface area contributed by atoms with Gasteiger partial charge in [0.1, 0.15) is 0 Å². The van der Waals surface area contributed by atoms with Crippen molar-refractivity contribution in [3.05, 3.63) is 33.0 Å². The maximum Gasteiger partial charge on any atom is 0.332 e. The molecule has 0 saturated carbocycles. The van der Waals surface area contributed by atoms with Crippen molar-refractivity contribution in [3.63, 3.8) is 0 Å². The Morgan fingerprint density at radius 2 is 2.00 bits per heavy atom. The first-order valence-electron chi connectivity index (χ1n) is 9.88. The molecule has 10 heteroatoms. The second-order valence-corrected chi connectivity index (χ2v) is 6.75. The van der Waals surface area contributed by atoms with Gasteiger partial charge in [0.2, 0.25) is 5.95 Å². The van der Waals surface area contributed by atoms with Gasteiger partial charge < -0.3 is 15.0 Å². The van der Waals surface area contributed by atoms with Crippen LogP contribution in [-0.4, -0.2) is 57.4 Å². The van der Waals surface area contributed by atoms with Crippen LogP contribution in [0, 0.1) is 11.8 Å². The number of rotatable bonds is 6. The number of fused-ring (bicyclic) bond motifs is 1. The van der Waals surface area contributed by atoms with E-state index in [-0.39, 0.29) is 18.8 Å². The first-order chi connectivity index (χ1) is 14.5. The highest BCUT2D eigenvalue weighted by Gasteiger charge is 2.24. The Labute approximate surface area is 173 Å². The molecule has 0 radical (unpaired) electrons. The number of nitrogens with zero attached hydrogens (tertiary/aromatic N) is 5. The first kappa shape index (κ1) is 21.4. The highest BCUT2D eigenvalue weighted by molar-refractivity contribution is 5.82. The molecular formula is C20H26N6O4. The van der Waals surface area contributed by atoms with Gasteiger partial charge in [-0.15, -0.1) is 5.92 Å². The van der Waals surface area contributed by atoms with Crippen molar-refractivity contribution in [1.82, 2.24) is 24.0 Å². The summed E-state index contributed by atoms with van der Waals surface area (Å²) in [6.07, 6.45) is 2.79. The summed E-state index contributed by atoms with van der Waals surface area (Å²) < 4.78 is 9.08. The number of carbonyl (C=O) groups is 1. The smallest absolute Gasteiger partial charge is 0.332 e. The number of esters is 1. The molecule has 2 aromatic heterocycles. The number of nitrogens with one attached hydrogen (secondary N) is 1. The van der Waals surface area contributed by atoms with Gasteiger partial charge in [0.05, 0.1) is 13.2 Å². The summed E-state index contributed by atoms with van der Waals surface area (Å²) in [6.45, 7) is 7.16. The minimum absolute atomic E-state index is 0.0831. The summed E-state index contributed by atoms with van der Waals surface area (Å²) in [5.74, 6) is 5.97. The Morgan fingerprint density at radius 3 is 2.67 bits per heavy atom. The molecule has 0 amide bonds. The summed E-state index contributed by atoms with van der Waals surface area (Å²) >= 11 is 0. The maximum atomic E-state index is 13.0. The highest BCUT2D eigenvalue weighted by atomic mass is 16.5. The molecule has 160 valence electrons. The average molecular weight is 414 g/mol. The van der Waals surface area contributed by atoms with Crippen LogP contribution in [0.1, 0.15) is 13.8 Å². The molecule has 0 aliphatic carbocycles. The van der Waals surface area contributed by atoms with Crippen LogP contribution in [0.5, 0.6) is 0 Å². The van der Waals surface area contributed by atoms with Crippen LogP contribution in [-0.2, 0) is 29.7 Å². The molecule has 10 nitrogen and oxygen atoms in total. The molecule has 30 heavy (non-hydrogen) atoms. The van der Waals surface area contributed by atoms with Crippen LogP contribution in [0.15, 0.2) is 21.7 Å². The zero-order chi connectivity index (χ0) is 21.7. The van der Waals surface area contributed by atoms with Crippen LogP contribution in [0.4, 0.5) is 5.95 Å². The van der Waals surface area contributed by atoms with Crippen molar-refractivity contribution in [2.45, 2.75) is 26.9 Å². The summed E-state index contributed by atoms with van der Waals surface area (Å²) in [7, 11) is 1.43. The normalized spacial score (nSPS) is 14.2. The van der Waals surface area contributed by atoms with Crippen LogP contribution in [0.2, 0.25) is 0 Å². The van der Waals surface area contributed by atoms with Gasteiger partial charge in [0, 0.05) is 45.8 Å². The Kier molecular flexibility index (Phi) is 6.74. The number of ether oxygens (including phenoxy) is 1. The van der Waals surface area contributed by atoms with Crippen LogP contribution in [0.25, 0.3) is 11.2 Å². The van der Waals surface area contributed by atoms with E-state index in [4.69, 9.17) is 4.74 Å². The molecule has 3 rings (SSSR count). The van der Waals surface area contributed by atoms with Gasteiger partial charge in [-0.2, -0.15) is 4.98 Å². The molecule has 1 fully saturated rings. The number of aromatic nitrogens is 4. The van der Waals surface area contributed by atoms with Gasteiger partial charge >= 0.3 is 11.7 Å². The standard InChI is InChI=1S/C20H26N6O4/c1-4-6-11-25-16-17(22-19(25)24-13-9-21-10-14-24)26(20(29)23(3)18(16)28)12-7-8-15(27)30-5-2/h7-8,21H,5,9-14H2,1-3H3/b8-7+.